The quantitative estimate of drug-likeness (QED) is 0.454. The van der Waals surface area contributed by atoms with Crippen LogP contribution in [0.1, 0.15) is 30.1 Å². The molecule has 0 unspecified atom stereocenters. The van der Waals surface area contributed by atoms with E-state index in [2.05, 4.69) is 0 Å². The van der Waals surface area contributed by atoms with E-state index in [0.717, 1.165) is 42.4 Å². The molecule has 1 fully saturated rings. The minimum Gasteiger partial charge on any atom is -0.366 e. The zero-order valence-corrected chi connectivity index (χ0v) is 16.4. The van der Waals surface area contributed by atoms with Gasteiger partial charge in [-0.3, -0.25) is 14.9 Å². The number of amides is 1. The third-order valence-corrected chi connectivity index (χ3v) is 5.48. The third kappa shape index (κ3) is 3.53. The fourth-order valence-corrected chi connectivity index (χ4v) is 4.05. The lowest BCUT2D eigenvalue weighted by atomic mass is 10.1. The van der Waals surface area contributed by atoms with Crippen molar-refractivity contribution in [1.82, 2.24) is 0 Å². The fraction of sp³-hybridized carbons (Fsp3) is 0.261. The van der Waals surface area contributed by atoms with Gasteiger partial charge in [-0.2, -0.15) is 0 Å². The summed E-state index contributed by atoms with van der Waals surface area (Å²) in [5, 5.41) is 13.7. The fourth-order valence-electron chi connectivity index (χ4n) is 4.05. The van der Waals surface area contributed by atoms with Crippen molar-refractivity contribution in [3.05, 3.63) is 76.3 Å². The summed E-state index contributed by atoms with van der Waals surface area (Å²) < 4.78 is 0. The second kappa shape index (κ2) is 7.91. The molecule has 0 atom stereocenters. The Hall–Kier alpha value is -3.41. The van der Waals surface area contributed by atoms with Gasteiger partial charge in [-0.1, -0.05) is 36.4 Å². The van der Waals surface area contributed by atoms with E-state index in [9.17, 15) is 14.9 Å². The van der Waals surface area contributed by atoms with E-state index in [-0.39, 0.29) is 11.6 Å². The highest BCUT2D eigenvalue weighted by molar-refractivity contribution is 6.11. The SMILES string of the molecule is CCN(C(=O)c1ccc(N2CCCC2)c([N+](=O)[O-])c1)c1cccc2ccccc12. The van der Waals surface area contributed by atoms with E-state index in [4.69, 9.17) is 0 Å². The van der Waals surface area contributed by atoms with Crippen molar-refractivity contribution in [3.63, 3.8) is 0 Å². The van der Waals surface area contributed by atoms with E-state index < -0.39 is 4.92 Å². The number of hydrogen-bond acceptors (Lipinski definition) is 4. The normalized spacial score (nSPS) is 13.6. The predicted molar refractivity (Wildman–Crippen MR) is 116 cm³/mol. The third-order valence-electron chi connectivity index (χ3n) is 5.48. The van der Waals surface area contributed by atoms with Crippen LogP contribution in [-0.2, 0) is 0 Å². The summed E-state index contributed by atoms with van der Waals surface area (Å²) in [6.07, 6.45) is 2.06. The molecule has 1 aliphatic heterocycles. The number of nitro groups is 1. The van der Waals surface area contributed by atoms with Gasteiger partial charge in [0, 0.05) is 36.7 Å². The molecule has 0 aliphatic carbocycles. The monoisotopic (exact) mass is 389 g/mol. The Morgan fingerprint density at radius 2 is 1.79 bits per heavy atom. The lowest BCUT2D eigenvalue weighted by molar-refractivity contribution is -0.384. The molecule has 1 aliphatic rings. The van der Waals surface area contributed by atoms with Gasteiger partial charge in [0.05, 0.1) is 10.6 Å². The standard InChI is InChI=1S/C23H23N3O3/c1-2-25(20-11-7-9-17-8-3-4-10-19(17)20)23(27)18-12-13-21(22(16-18)26(28)29)24-14-5-6-15-24/h3-4,7-13,16H,2,5-6,14-15H2,1H3. The van der Waals surface area contributed by atoms with E-state index in [1.165, 1.54) is 6.07 Å². The van der Waals surface area contributed by atoms with Crippen molar-refractivity contribution in [2.45, 2.75) is 19.8 Å². The largest absolute Gasteiger partial charge is 0.366 e. The molecule has 3 aromatic carbocycles. The van der Waals surface area contributed by atoms with Gasteiger partial charge in [0.1, 0.15) is 5.69 Å². The van der Waals surface area contributed by atoms with Crippen LogP contribution in [0.25, 0.3) is 10.8 Å². The Kier molecular flexibility index (Phi) is 5.16. The van der Waals surface area contributed by atoms with Crippen LogP contribution in [0.4, 0.5) is 17.1 Å². The molecule has 0 radical (unpaired) electrons. The number of anilines is 2. The van der Waals surface area contributed by atoms with Gasteiger partial charge >= 0.3 is 0 Å². The van der Waals surface area contributed by atoms with Crippen molar-refractivity contribution in [3.8, 4) is 0 Å². The number of nitrogens with zero attached hydrogens (tertiary/aromatic N) is 3. The number of fused-ring (bicyclic) bond motifs is 1. The Labute approximate surface area is 169 Å². The molecule has 0 spiro atoms. The highest BCUT2D eigenvalue weighted by Gasteiger charge is 2.26. The first-order valence-corrected chi connectivity index (χ1v) is 9.93. The Bertz CT molecular complexity index is 1070. The molecule has 3 aromatic rings. The first-order chi connectivity index (χ1) is 14.1. The van der Waals surface area contributed by atoms with Crippen molar-refractivity contribution in [2.75, 3.05) is 29.4 Å². The summed E-state index contributed by atoms with van der Waals surface area (Å²) in [6.45, 7) is 4.00. The van der Waals surface area contributed by atoms with Gasteiger partial charge in [-0.25, -0.2) is 0 Å². The van der Waals surface area contributed by atoms with Gasteiger partial charge in [-0.05, 0) is 43.4 Å². The number of nitro benzene ring substituents is 1. The van der Waals surface area contributed by atoms with Crippen LogP contribution in [0, 0.1) is 10.1 Å². The topological polar surface area (TPSA) is 66.7 Å². The zero-order chi connectivity index (χ0) is 20.4. The number of carbonyl (C=O) groups is 1. The molecule has 0 aromatic heterocycles. The van der Waals surface area contributed by atoms with Crippen LogP contribution in [-0.4, -0.2) is 30.5 Å². The average Bonchev–Trinajstić information content (AvgIpc) is 3.28. The van der Waals surface area contributed by atoms with Crippen LogP contribution < -0.4 is 9.80 Å². The second-order valence-corrected chi connectivity index (χ2v) is 7.20. The maximum absolute atomic E-state index is 13.3. The molecule has 4 rings (SSSR count). The summed E-state index contributed by atoms with van der Waals surface area (Å²) >= 11 is 0. The Morgan fingerprint density at radius 3 is 2.52 bits per heavy atom. The van der Waals surface area contributed by atoms with E-state index in [0.29, 0.717) is 17.8 Å². The van der Waals surface area contributed by atoms with Gasteiger partial charge in [0.2, 0.25) is 0 Å². The van der Waals surface area contributed by atoms with Crippen molar-refractivity contribution in [1.29, 1.82) is 0 Å². The molecule has 1 heterocycles. The first-order valence-electron chi connectivity index (χ1n) is 9.93. The smallest absolute Gasteiger partial charge is 0.293 e. The summed E-state index contributed by atoms with van der Waals surface area (Å²) in [7, 11) is 0. The van der Waals surface area contributed by atoms with Gasteiger partial charge in [0.25, 0.3) is 11.6 Å². The average molecular weight is 389 g/mol. The van der Waals surface area contributed by atoms with Gasteiger partial charge < -0.3 is 9.80 Å². The molecular formula is C23H23N3O3. The summed E-state index contributed by atoms with van der Waals surface area (Å²) in [5.41, 5.74) is 1.72. The summed E-state index contributed by atoms with van der Waals surface area (Å²) in [6, 6.07) is 18.6. The summed E-state index contributed by atoms with van der Waals surface area (Å²) in [5.74, 6) is -0.236. The Balaban J connectivity index is 1.74. The molecule has 0 saturated carbocycles. The van der Waals surface area contributed by atoms with Crippen LogP contribution in [0.2, 0.25) is 0 Å². The van der Waals surface area contributed by atoms with Crippen molar-refractivity contribution >= 4 is 33.7 Å². The van der Waals surface area contributed by atoms with Crippen LogP contribution in [0.3, 0.4) is 0 Å². The number of hydrogen-bond donors (Lipinski definition) is 0. The molecule has 6 nitrogen and oxygen atoms in total. The minimum atomic E-state index is -0.390. The van der Waals surface area contributed by atoms with Gasteiger partial charge in [-0.15, -0.1) is 0 Å². The van der Waals surface area contributed by atoms with Gasteiger partial charge in [0.15, 0.2) is 0 Å². The Morgan fingerprint density at radius 1 is 1.07 bits per heavy atom. The van der Waals surface area contributed by atoms with Crippen LogP contribution >= 0.6 is 0 Å². The first kappa shape index (κ1) is 18.9. The highest BCUT2D eigenvalue weighted by atomic mass is 16.6. The molecule has 29 heavy (non-hydrogen) atoms. The predicted octanol–water partition coefficient (Wildman–Crippen LogP) is 5.01. The molecule has 1 saturated heterocycles. The highest BCUT2D eigenvalue weighted by Crippen LogP contribution is 2.33. The zero-order valence-electron chi connectivity index (χ0n) is 16.4. The van der Waals surface area contributed by atoms with Crippen LogP contribution in [0.5, 0.6) is 0 Å². The maximum Gasteiger partial charge on any atom is 0.293 e. The molecular weight excluding hydrogens is 366 g/mol. The molecule has 148 valence electrons. The lowest BCUT2D eigenvalue weighted by Gasteiger charge is -2.23. The van der Waals surface area contributed by atoms with Crippen molar-refractivity contribution in [2.24, 2.45) is 0 Å². The summed E-state index contributed by atoms with van der Waals surface area (Å²) in [4.78, 5) is 28.3. The molecule has 0 bridgehead atoms. The second-order valence-electron chi connectivity index (χ2n) is 7.20. The van der Waals surface area contributed by atoms with Crippen LogP contribution in [0.15, 0.2) is 60.7 Å². The van der Waals surface area contributed by atoms with E-state index in [1.54, 1.807) is 17.0 Å². The molecule has 0 N–H and O–H groups in total. The number of carbonyl (C=O) groups excluding carboxylic acids is 1. The minimum absolute atomic E-state index is 0.00766. The number of benzene rings is 3. The molecule has 6 heteroatoms. The molecule has 1 amide bonds. The van der Waals surface area contributed by atoms with E-state index in [1.807, 2.05) is 54.3 Å². The number of rotatable bonds is 5. The van der Waals surface area contributed by atoms with Crippen molar-refractivity contribution < 1.29 is 9.72 Å². The van der Waals surface area contributed by atoms with E-state index >= 15 is 0 Å². The lowest BCUT2D eigenvalue weighted by Crippen LogP contribution is -2.31. The maximum atomic E-state index is 13.3.